The SMILES string of the molecule is COc1ccc(CCNCc2ccc(OCc3ccccc3)c(OC)c2)cc1OC. The Kier molecular flexibility index (Phi) is 7.98. The zero-order chi connectivity index (χ0) is 21.2. The second kappa shape index (κ2) is 11.1. The minimum Gasteiger partial charge on any atom is -0.493 e. The van der Waals surface area contributed by atoms with Crippen LogP contribution in [0.4, 0.5) is 0 Å². The highest BCUT2D eigenvalue weighted by Crippen LogP contribution is 2.29. The van der Waals surface area contributed by atoms with Crippen LogP contribution in [-0.4, -0.2) is 27.9 Å². The molecule has 0 aliphatic heterocycles. The molecule has 0 aromatic heterocycles. The van der Waals surface area contributed by atoms with Crippen LogP contribution in [0.15, 0.2) is 66.7 Å². The predicted molar refractivity (Wildman–Crippen MR) is 119 cm³/mol. The summed E-state index contributed by atoms with van der Waals surface area (Å²) in [6.07, 6.45) is 0.899. The van der Waals surface area contributed by atoms with E-state index in [9.17, 15) is 0 Å². The minimum atomic E-state index is 0.514. The van der Waals surface area contributed by atoms with Gasteiger partial charge in [0.05, 0.1) is 21.3 Å². The number of hydrogen-bond acceptors (Lipinski definition) is 5. The molecule has 5 nitrogen and oxygen atoms in total. The van der Waals surface area contributed by atoms with Crippen LogP contribution >= 0.6 is 0 Å². The quantitative estimate of drug-likeness (QED) is 0.470. The van der Waals surface area contributed by atoms with E-state index in [1.807, 2.05) is 54.6 Å². The van der Waals surface area contributed by atoms with Gasteiger partial charge < -0.3 is 24.3 Å². The zero-order valence-corrected chi connectivity index (χ0v) is 17.8. The second-order valence-corrected chi connectivity index (χ2v) is 6.88. The molecule has 3 aromatic rings. The number of benzene rings is 3. The van der Waals surface area contributed by atoms with Gasteiger partial charge in [-0.3, -0.25) is 0 Å². The molecule has 0 saturated carbocycles. The van der Waals surface area contributed by atoms with Crippen LogP contribution in [0.5, 0.6) is 23.0 Å². The molecule has 3 rings (SSSR count). The lowest BCUT2D eigenvalue weighted by Gasteiger charge is -2.13. The molecule has 3 aromatic carbocycles. The molecule has 0 radical (unpaired) electrons. The van der Waals surface area contributed by atoms with Crippen molar-refractivity contribution in [3.8, 4) is 23.0 Å². The van der Waals surface area contributed by atoms with E-state index in [1.165, 1.54) is 5.56 Å². The smallest absolute Gasteiger partial charge is 0.161 e. The summed E-state index contributed by atoms with van der Waals surface area (Å²) in [5.74, 6) is 2.99. The number of nitrogens with one attached hydrogen (secondary N) is 1. The van der Waals surface area contributed by atoms with Gasteiger partial charge in [0.2, 0.25) is 0 Å². The van der Waals surface area contributed by atoms with Gasteiger partial charge in [0.25, 0.3) is 0 Å². The summed E-state index contributed by atoms with van der Waals surface area (Å²) < 4.78 is 22.1. The van der Waals surface area contributed by atoms with Crippen molar-refractivity contribution < 1.29 is 18.9 Å². The Labute approximate surface area is 178 Å². The maximum Gasteiger partial charge on any atom is 0.161 e. The van der Waals surface area contributed by atoms with Gasteiger partial charge in [0.15, 0.2) is 23.0 Å². The van der Waals surface area contributed by atoms with Crippen LogP contribution in [0.2, 0.25) is 0 Å². The van der Waals surface area contributed by atoms with E-state index >= 15 is 0 Å². The molecule has 0 saturated heterocycles. The third kappa shape index (κ3) is 5.91. The van der Waals surface area contributed by atoms with Gasteiger partial charge in [-0.1, -0.05) is 42.5 Å². The highest BCUT2D eigenvalue weighted by Gasteiger charge is 2.07. The fourth-order valence-electron chi connectivity index (χ4n) is 3.18. The standard InChI is InChI=1S/C25H29NO4/c1-27-22-11-9-19(15-24(22)28-2)13-14-26-17-21-10-12-23(25(16-21)29-3)30-18-20-7-5-4-6-8-20/h4-12,15-16,26H,13-14,17-18H2,1-3H3. The van der Waals surface area contributed by atoms with Crippen LogP contribution in [-0.2, 0) is 19.6 Å². The maximum absolute atomic E-state index is 5.93. The highest BCUT2D eigenvalue weighted by atomic mass is 16.5. The molecule has 0 heterocycles. The zero-order valence-electron chi connectivity index (χ0n) is 17.8. The van der Waals surface area contributed by atoms with Crippen LogP contribution < -0.4 is 24.3 Å². The summed E-state index contributed by atoms with van der Waals surface area (Å²) in [6.45, 7) is 2.12. The third-order valence-corrected chi connectivity index (χ3v) is 4.83. The molecule has 5 heteroatoms. The normalized spacial score (nSPS) is 10.5. The van der Waals surface area contributed by atoms with E-state index in [0.29, 0.717) is 6.61 Å². The lowest BCUT2D eigenvalue weighted by atomic mass is 10.1. The molecular weight excluding hydrogens is 378 g/mol. The molecule has 0 aliphatic carbocycles. The number of ether oxygens (including phenoxy) is 4. The lowest BCUT2D eigenvalue weighted by molar-refractivity contribution is 0.284. The predicted octanol–water partition coefficient (Wildman–Crippen LogP) is 4.62. The molecule has 0 aliphatic rings. The molecule has 158 valence electrons. The van der Waals surface area contributed by atoms with E-state index < -0.39 is 0 Å². The van der Waals surface area contributed by atoms with Gasteiger partial charge in [-0.05, 0) is 53.9 Å². The summed E-state index contributed by atoms with van der Waals surface area (Å²) >= 11 is 0. The van der Waals surface area contributed by atoms with Crippen molar-refractivity contribution in [1.82, 2.24) is 5.32 Å². The fourth-order valence-corrected chi connectivity index (χ4v) is 3.18. The lowest BCUT2D eigenvalue weighted by Crippen LogP contribution is -2.16. The monoisotopic (exact) mass is 407 g/mol. The van der Waals surface area contributed by atoms with E-state index in [2.05, 4.69) is 17.4 Å². The molecular formula is C25H29NO4. The van der Waals surface area contributed by atoms with Gasteiger partial charge in [-0.2, -0.15) is 0 Å². The maximum atomic E-state index is 5.93. The number of rotatable bonds is 11. The fraction of sp³-hybridized carbons (Fsp3) is 0.280. The molecule has 30 heavy (non-hydrogen) atoms. The first-order valence-electron chi connectivity index (χ1n) is 9.98. The van der Waals surface area contributed by atoms with Crippen molar-refractivity contribution in [2.75, 3.05) is 27.9 Å². The summed E-state index contributed by atoms with van der Waals surface area (Å²) in [5.41, 5.74) is 3.47. The van der Waals surface area contributed by atoms with Crippen molar-refractivity contribution in [2.24, 2.45) is 0 Å². The topological polar surface area (TPSA) is 49.0 Å². The molecule has 0 spiro atoms. The molecule has 0 atom stereocenters. The number of methoxy groups -OCH3 is 3. The Morgan fingerprint density at radius 3 is 2.00 bits per heavy atom. The van der Waals surface area contributed by atoms with Crippen LogP contribution in [0.25, 0.3) is 0 Å². The van der Waals surface area contributed by atoms with Gasteiger partial charge >= 0.3 is 0 Å². The van der Waals surface area contributed by atoms with E-state index in [1.54, 1.807) is 21.3 Å². The first-order chi connectivity index (χ1) is 14.7. The van der Waals surface area contributed by atoms with E-state index in [0.717, 1.165) is 53.6 Å². The average Bonchev–Trinajstić information content (AvgIpc) is 2.81. The summed E-state index contributed by atoms with van der Waals surface area (Å²) in [7, 11) is 4.96. The van der Waals surface area contributed by atoms with Crippen LogP contribution in [0.1, 0.15) is 16.7 Å². The Morgan fingerprint density at radius 2 is 1.27 bits per heavy atom. The largest absolute Gasteiger partial charge is 0.493 e. The summed E-state index contributed by atoms with van der Waals surface area (Å²) in [4.78, 5) is 0. The Morgan fingerprint density at radius 1 is 0.633 bits per heavy atom. The highest BCUT2D eigenvalue weighted by molar-refractivity contribution is 5.44. The second-order valence-electron chi connectivity index (χ2n) is 6.88. The first-order valence-corrected chi connectivity index (χ1v) is 9.98. The van der Waals surface area contributed by atoms with Gasteiger partial charge in [0, 0.05) is 6.54 Å². The van der Waals surface area contributed by atoms with Gasteiger partial charge in [-0.15, -0.1) is 0 Å². The van der Waals surface area contributed by atoms with Crippen LogP contribution in [0, 0.1) is 0 Å². The molecule has 0 unspecified atom stereocenters. The average molecular weight is 408 g/mol. The Hall–Kier alpha value is -3.18. The molecule has 0 bridgehead atoms. The molecule has 1 N–H and O–H groups in total. The Bertz CT molecular complexity index is 928. The number of hydrogen-bond donors (Lipinski definition) is 1. The van der Waals surface area contributed by atoms with Crippen molar-refractivity contribution in [3.63, 3.8) is 0 Å². The summed E-state index contributed by atoms with van der Waals surface area (Å²) in [6, 6.07) is 22.2. The minimum absolute atomic E-state index is 0.514. The van der Waals surface area contributed by atoms with Gasteiger partial charge in [0.1, 0.15) is 6.61 Å². The van der Waals surface area contributed by atoms with Crippen molar-refractivity contribution in [2.45, 2.75) is 19.6 Å². The van der Waals surface area contributed by atoms with Crippen molar-refractivity contribution in [3.05, 3.63) is 83.4 Å². The van der Waals surface area contributed by atoms with E-state index in [-0.39, 0.29) is 0 Å². The van der Waals surface area contributed by atoms with Gasteiger partial charge in [-0.25, -0.2) is 0 Å². The van der Waals surface area contributed by atoms with Crippen LogP contribution in [0.3, 0.4) is 0 Å². The van der Waals surface area contributed by atoms with Crippen molar-refractivity contribution in [1.29, 1.82) is 0 Å². The Balaban J connectivity index is 1.51. The summed E-state index contributed by atoms with van der Waals surface area (Å²) in [5, 5.41) is 3.48. The van der Waals surface area contributed by atoms with Crippen molar-refractivity contribution >= 4 is 0 Å². The molecule has 0 amide bonds. The third-order valence-electron chi connectivity index (χ3n) is 4.83. The molecule has 0 fully saturated rings. The van der Waals surface area contributed by atoms with E-state index in [4.69, 9.17) is 18.9 Å². The first kappa shape index (κ1) is 21.5.